The molecule has 1 aliphatic heterocycles. The predicted octanol–water partition coefficient (Wildman–Crippen LogP) is 3.75. The van der Waals surface area contributed by atoms with Crippen LogP contribution >= 0.6 is 15.9 Å². The van der Waals surface area contributed by atoms with Gasteiger partial charge in [-0.2, -0.15) is 19.6 Å². The molecule has 164 valence electrons. The summed E-state index contributed by atoms with van der Waals surface area (Å²) in [4.78, 5) is 16.3. The first-order chi connectivity index (χ1) is 15.7. The Morgan fingerprint density at radius 3 is 2.59 bits per heavy atom. The van der Waals surface area contributed by atoms with Crippen molar-refractivity contribution < 1.29 is 0 Å². The molecular weight excluding hydrogens is 468 g/mol. The highest BCUT2D eigenvalue weighted by Gasteiger charge is 2.22. The van der Waals surface area contributed by atoms with Crippen LogP contribution in [0.1, 0.15) is 18.4 Å². The summed E-state index contributed by atoms with van der Waals surface area (Å²) in [6.45, 7) is 2.50. The van der Waals surface area contributed by atoms with Crippen LogP contribution < -0.4 is 15.5 Å². The highest BCUT2D eigenvalue weighted by Crippen LogP contribution is 2.24. The van der Waals surface area contributed by atoms with Gasteiger partial charge < -0.3 is 15.5 Å². The lowest BCUT2D eigenvalue weighted by molar-refractivity contribution is 0.439. The lowest BCUT2D eigenvalue weighted by atomic mass is 10.1. The molecule has 0 bridgehead atoms. The molecule has 32 heavy (non-hydrogen) atoms. The van der Waals surface area contributed by atoms with Gasteiger partial charge in [-0.25, -0.2) is 0 Å². The van der Waals surface area contributed by atoms with Gasteiger partial charge in [0.1, 0.15) is 0 Å². The average Bonchev–Trinajstić information content (AvgIpc) is 3.24. The summed E-state index contributed by atoms with van der Waals surface area (Å²) >= 11 is 3.57. The van der Waals surface area contributed by atoms with Gasteiger partial charge in [-0.15, -0.1) is 0 Å². The second kappa shape index (κ2) is 9.22. The van der Waals surface area contributed by atoms with Crippen LogP contribution in [0.4, 0.5) is 11.9 Å². The van der Waals surface area contributed by atoms with Crippen molar-refractivity contribution >= 4 is 33.5 Å². The second-order valence-corrected chi connectivity index (χ2v) is 8.74. The van der Waals surface area contributed by atoms with Gasteiger partial charge in [-0.3, -0.25) is 4.98 Å². The number of nitrogens with zero attached hydrogens (tertiary/aromatic N) is 6. The second-order valence-electron chi connectivity index (χ2n) is 7.89. The van der Waals surface area contributed by atoms with E-state index < -0.39 is 0 Å². The minimum Gasteiger partial charge on any atom is -0.350 e. The molecule has 4 aromatic rings. The van der Waals surface area contributed by atoms with Gasteiger partial charge >= 0.3 is 0 Å². The quantitative estimate of drug-likeness (QED) is 0.423. The van der Waals surface area contributed by atoms with E-state index in [0.717, 1.165) is 58.8 Å². The zero-order chi connectivity index (χ0) is 21.9. The molecule has 8 nitrogen and oxygen atoms in total. The number of piperidine rings is 1. The predicted molar refractivity (Wildman–Crippen MR) is 130 cm³/mol. The number of nitrogens with one attached hydrogen (secondary N) is 2. The zero-order valence-electron chi connectivity index (χ0n) is 17.9. The Balaban J connectivity index is 1.35. The van der Waals surface area contributed by atoms with Crippen LogP contribution in [0.3, 0.4) is 0 Å². The summed E-state index contributed by atoms with van der Waals surface area (Å²) in [5.41, 5.74) is 3.98. The molecule has 2 N–H and O–H groups in total. The largest absolute Gasteiger partial charge is 0.350 e. The molecule has 0 radical (unpaired) electrons. The minimum atomic E-state index is 0.559. The van der Waals surface area contributed by atoms with Crippen molar-refractivity contribution in [2.24, 2.45) is 0 Å². The monoisotopic (exact) mass is 492 g/mol. The topological polar surface area (TPSA) is 83.3 Å². The molecule has 0 amide bonds. The number of benzene rings is 1. The lowest BCUT2D eigenvalue weighted by Crippen LogP contribution is -2.42. The van der Waals surface area contributed by atoms with Crippen molar-refractivity contribution in [2.75, 3.05) is 30.4 Å². The Hall–Kier alpha value is -3.04. The first-order valence-corrected chi connectivity index (χ1v) is 11.6. The fourth-order valence-electron chi connectivity index (χ4n) is 3.97. The Morgan fingerprint density at radius 2 is 1.88 bits per heavy atom. The first kappa shape index (κ1) is 20.8. The molecule has 5 rings (SSSR count). The van der Waals surface area contributed by atoms with Crippen molar-refractivity contribution in [2.45, 2.75) is 25.4 Å². The van der Waals surface area contributed by atoms with Crippen molar-refractivity contribution in [3.8, 4) is 11.3 Å². The number of rotatable bonds is 6. The lowest BCUT2D eigenvalue weighted by Gasteiger charge is -2.31. The van der Waals surface area contributed by atoms with E-state index in [1.165, 1.54) is 0 Å². The normalized spacial score (nSPS) is 14.8. The maximum atomic E-state index is 4.82. The molecule has 1 fully saturated rings. The van der Waals surface area contributed by atoms with Crippen LogP contribution in [0, 0.1) is 0 Å². The zero-order valence-corrected chi connectivity index (χ0v) is 19.5. The highest BCUT2D eigenvalue weighted by atomic mass is 79.9. The molecule has 1 saturated heterocycles. The third kappa shape index (κ3) is 4.31. The summed E-state index contributed by atoms with van der Waals surface area (Å²) in [5, 5.41) is 11.3. The van der Waals surface area contributed by atoms with Gasteiger partial charge in [0.05, 0.1) is 16.4 Å². The maximum Gasteiger partial charge on any atom is 0.230 e. The van der Waals surface area contributed by atoms with E-state index in [4.69, 9.17) is 9.97 Å². The van der Waals surface area contributed by atoms with Crippen molar-refractivity contribution in [1.29, 1.82) is 0 Å². The van der Waals surface area contributed by atoms with E-state index in [0.29, 0.717) is 18.5 Å². The Morgan fingerprint density at radius 1 is 1.06 bits per heavy atom. The summed E-state index contributed by atoms with van der Waals surface area (Å²) in [7, 11) is 2.02. The standard InChI is InChI=1S/C23H25BrN8/c1-25-18-9-12-31(13-10-18)23-29-21-19(24)15-28-32(21)22(30-23)27-14-16-5-7-17(8-6-16)20-4-2-3-11-26-20/h2-8,11,15,18,25H,9-10,12-14H2,1H3,(H,27,29,30). The molecule has 0 atom stereocenters. The van der Waals surface area contributed by atoms with Gasteiger partial charge in [-0.1, -0.05) is 30.3 Å². The van der Waals surface area contributed by atoms with Gasteiger partial charge in [0, 0.05) is 37.4 Å². The molecular formula is C23H25BrN8. The van der Waals surface area contributed by atoms with Crippen LogP contribution in [0.2, 0.25) is 0 Å². The van der Waals surface area contributed by atoms with E-state index >= 15 is 0 Å². The Kier molecular flexibility index (Phi) is 6.00. The molecule has 0 unspecified atom stereocenters. The van der Waals surface area contributed by atoms with Crippen molar-refractivity contribution in [1.82, 2.24) is 29.9 Å². The number of anilines is 2. The molecule has 4 heterocycles. The minimum absolute atomic E-state index is 0.559. The summed E-state index contributed by atoms with van der Waals surface area (Å²) in [5.74, 6) is 1.42. The SMILES string of the molecule is CNC1CCN(c2nc(NCc3ccc(-c4ccccn4)cc3)n3ncc(Br)c3n2)CC1. The number of halogens is 1. The summed E-state index contributed by atoms with van der Waals surface area (Å²) in [6.07, 6.45) is 5.73. The van der Waals surface area contributed by atoms with Crippen LogP contribution in [0.5, 0.6) is 0 Å². The van der Waals surface area contributed by atoms with Crippen LogP contribution in [0.25, 0.3) is 16.9 Å². The fraction of sp³-hybridized carbons (Fsp3) is 0.304. The highest BCUT2D eigenvalue weighted by molar-refractivity contribution is 9.10. The molecule has 9 heteroatoms. The number of hydrogen-bond acceptors (Lipinski definition) is 7. The van der Waals surface area contributed by atoms with Gasteiger partial charge in [0.2, 0.25) is 11.9 Å². The van der Waals surface area contributed by atoms with Crippen LogP contribution in [-0.2, 0) is 6.54 Å². The van der Waals surface area contributed by atoms with E-state index in [9.17, 15) is 0 Å². The number of aromatic nitrogens is 5. The van der Waals surface area contributed by atoms with E-state index in [2.05, 4.69) is 65.8 Å². The average molecular weight is 493 g/mol. The van der Waals surface area contributed by atoms with E-state index in [1.54, 1.807) is 10.7 Å². The number of hydrogen-bond donors (Lipinski definition) is 2. The van der Waals surface area contributed by atoms with Crippen LogP contribution in [0.15, 0.2) is 59.3 Å². The molecule has 1 aliphatic rings. The van der Waals surface area contributed by atoms with Crippen molar-refractivity contribution in [3.63, 3.8) is 0 Å². The third-order valence-electron chi connectivity index (χ3n) is 5.86. The molecule has 1 aromatic carbocycles. The van der Waals surface area contributed by atoms with E-state index in [-0.39, 0.29) is 0 Å². The number of fused-ring (bicyclic) bond motifs is 1. The molecule has 0 saturated carbocycles. The smallest absolute Gasteiger partial charge is 0.230 e. The van der Waals surface area contributed by atoms with Crippen LogP contribution in [-0.4, -0.2) is 50.7 Å². The molecule has 0 aliphatic carbocycles. The maximum absolute atomic E-state index is 4.82. The third-order valence-corrected chi connectivity index (χ3v) is 6.42. The molecule has 0 spiro atoms. The fourth-order valence-corrected chi connectivity index (χ4v) is 4.32. The first-order valence-electron chi connectivity index (χ1n) is 10.8. The molecule has 3 aromatic heterocycles. The van der Waals surface area contributed by atoms with Gasteiger partial charge in [-0.05, 0) is 53.5 Å². The summed E-state index contributed by atoms with van der Waals surface area (Å²) in [6, 6.07) is 14.9. The summed E-state index contributed by atoms with van der Waals surface area (Å²) < 4.78 is 2.60. The Labute approximate surface area is 195 Å². The van der Waals surface area contributed by atoms with Gasteiger partial charge in [0.25, 0.3) is 0 Å². The van der Waals surface area contributed by atoms with E-state index in [1.807, 2.05) is 31.4 Å². The van der Waals surface area contributed by atoms with Gasteiger partial charge in [0.15, 0.2) is 5.65 Å². The number of pyridine rings is 1. The Bertz CT molecular complexity index is 1180. The van der Waals surface area contributed by atoms with Crippen molar-refractivity contribution in [3.05, 3.63) is 64.9 Å².